The van der Waals surface area contributed by atoms with Crippen molar-refractivity contribution < 1.29 is 0 Å². The van der Waals surface area contributed by atoms with Gasteiger partial charge >= 0.3 is 0 Å². The van der Waals surface area contributed by atoms with E-state index in [1.165, 1.54) is 56.0 Å². The van der Waals surface area contributed by atoms with Crippen molar-refractivity contribution in [2.24, 2.45) is 0 Å². The minimum Gasteiger partial charge on any atom is -0.334 e. The molecule has 0 spiro atoms. The molecule has 4 aliphatic rings. The average Bonchev–Trinajstić information content (AvgIpc) is 3.56. The van der Waals surface area contributed by atoms with Crippen LogP contribution in [0.3, 0.4) is 0 Å². The topological polar surface area (TPSA) is 32.3 Å². The lowest BCUT2D eigenvalue weighted by Gasteiger charge is -2.41. The molecule has 0 saturated carbocycles. The molecule has 2 bridgehead atoms. The molecule has 2 aliphatic heterocycles. The maximum atomic E-state index is 5.47. The minimum atomic E-state index is 0.0494. The average molecular weight is 811 g/mol. The van der Waals surface area contributed by atoms with Crippen LogP contribution in [0.25, 0.3) is 44.8 Å². The van der Waals surface area contributed by atoms with Gasteiger partial charge in [0.25, 0.3) is 0 Å². The molecule has 3 heterocycles. The highest BCUT2D eigenvalue weighted by molar-refractivity contribution is 5.79. The van der Waals surface area contributed by atoms with Crippen molar-refractivity contribution in [1.29, 1.82) is 0 Å². The summed E-state index contributed by atoms with van der Waals surface area (Å²) >= 11 is 0. The van der Waals surface area contributed by atoms with Gasteiger partial charge in [-0.25, -0.2) is 9.97 Å². The third-order valence-electron chi connectivity index (χ3n) is 13.7. The Kier molecular flexibility index (Phi) is 9.29. The first-order valence-electron chi connectivity index (χ1n) is 22.3. The quantitative estimate of drug-likeness (QED) is 0.150. The van der Waals surface area contributed by atoms with E-state index >= 15 is 0 Å². The number of benzene rings is 7. The van der Waals surface area contributed by atoms with E-state index in [1.54, 1.807) is 0 Å². The van der Waals surface area contributed by atoms with Crippen LogP contribution in [0.15, 0.2) is 225 Å². The Bertz CT molecular complexity index is 2930. The van der Waals surface area contributed by atoms with Crippen LogP contribution in [0.2, 0.25) is 0 Å². The van der Waals surface area contributed by atoms with Crippen molar-refractivity contribution >= 4 is 23.0 Å². The Morgan fingerprint density at radius 2 is 1.00 bits per heavy atom. The number of nitrogens with zero attached hydrogens (tertiary/aromatic N) is 4. The maximum Gasteiger partial charge on any atom is 0.231 e. The second-order valence-electron chi connectivity index (χ2n) is 17.2. The molecule has 0 amide bonds. The third kappa shape index (κ3) is 6.70. The highest BCUT2D eigenvalue weighted by Crippen LogP contribution is 2.55. The SMILES string of the molecule is C1=CC2CC(C=C1)N(c1ccccc1)c1ccc(C3CC=CC4C3c3ccccc3N4c3nc(-c4ccc(-c5ccccc5)cc4)cc(-c4ccc(-c5ccccc5)cc4)n3)cc12. The predicted octanol–water partition coefficient (Wildman–Crippen LogP) is 14.6. The second-order valence-corrected chi connectivity index (χ2v) is 17.2. The van der Waals surface area contributed by atoms with Gasteiger partial charge in [-0.15, -0.1) is 0 Å². The number of fused-ring (bicyclic) bond motifs is 7. The van der Waals surface area contributed by atoms with Gasteiger partial charge in [0, 0.05) is 40.0 Å². The van der Waals surface area contributed by atoms with Crippen LogP contribution in [0.5, 0.6) is 0 Å². The van der Waals surface area contributed by atoms with E-state index in [0.717, 1.165) is 41.3 Å². The molecule has 0 radical (unpaired) electrons. The number of hydrogen-bond acceptors (Lipinski definition) is 4. The molecule has 4 nitrogen and oxygen atoms in total. The van der Waals surface area contributed by atoms with Gasteiger partial charge in [0.05, 0.1) is 23.5 Å². The lowest BCUT2D eigenvalue weighted by atomic mass is 9.73. The lowest BCUT2D eigenvalue weighted by Crippen LogP contribution is -2.36. The molecule has 7 aromatic carbocycles. The Balaban J connectivity index is 0.952. The number of anilines is 4. The molecule has 4 heteroatoms. The highest BCUT2D eigenvalue weighted by Gasteiger charge is 2.45. The van der Waals surface area contributed by atoms with Gasteiger partial charge in [-0.2, -0.15) is 0 Å². The van der Waals surface area contributed by atoms with Gasteiger partial charge in [-0.05, 0) is 88.0 Å². The van der Waals surface area contributed by atoms with Gasteiger partial charge in [0.1, 0.15) is 0 Å². The fraction of sp³-hybridized carbons (Fsp3) is 0.119. The van der Waals surface area contributed by atoms with Crippen molar-refractivity contribution in [2.45, 2.75) is 42.7 Å². The van der Waals surface area contributed by atoms with Crippen LogP contribution < -0.4 is 9.80 Å². The molecule has 12 rings (SSSR count). The van der Waals surface area contributed by atoms with Gasteiger partial charge in [-0.1, -0.05) is 194 Å². The van der Waals surface area contributed by atoms with Gasteiger partial charge in [0.15, 0.2) is 0 Å². The first kappa shape index (κ1) is 37.2. The van der Waals surface area contributed by atoms with E-state index in [0.29, 0.717) is 12.0 Å². The van der Waals surface area contributed by atoms with Crippen LogP contribution >= 0.6 is 0 Å². The second kappa shape index (κ2) is 15.7. The number of allylic oxidation sites excluding steroid dienone is 4. The fourth-order valence-electron chi connectivity index (χ4n) is 10.7. The number of aromatic nitrogens is 2. The largest absolute Gasteiger partial charge is 0.334 e. The van der Waals surface area contributed by atoms with Gasteiger partial charge in [0.2, 0.25) is 5.95 Å². The predicted molar refractivity (Wildman–Crippen MR) is 260 cm³/mol. The molecular formula is C59H46N4. The van der Waals surface area contributed by atoms with Crippen molar-refractivity contribution in [2.75, 3.05) is 9.80 Å². The Hall–Kier alpha value is -7.56. The molecule has 1 aromatic heterocycles. The molecule has 0 fully saturated rings. The van der Waals surface area contributed by atoms with E-state index < -0.39 is 0 Å². The van der Waals surface area contributed by atoms with Crippen molar-refractivity contribution in [1.82, 2.24) is 9.97 Å². The van der Waals surface area contributed by atoms with E-state index in [2.05, 4.69) is 234 Å². The third-order valence-corrected chi connectivity index (χ3v) is 13.7. The molecule has 0 saturated heterocycles. The van der Waals surface area contributed by atoms with Gasteiger partial charge < -0.3 is 9.80 Å². The van der Waals surface area contributed by atoms with E-state index in [1.807, 2.05) is 0 Å². The number of rotatable bonds is 7. The molecule has 302 valence electrons. The minimum absolute atomic E-state index is 0.0494. The van der Waals surface area contributed by atoms with E-state index in [4.69, 9.17) is 9.97 Å². The summed E-state index contributed by atoms with van der Waals surface area (Å²) in [7, 11) is 0. The molecule has 5 unspecified atom stereocenters. The molecule has 5 atom stereocenters. The Morgan fingerprint density at radius 1 is 0.444 bits per heavy atom. The molecular weight excluding hydrogens is 765 g/mol. The van der Waals surface area contributed by atoms with Crippen LogP contribution in [-0.4, -0.2) is 22.1 Å². The summed E-state index contributed by atoms with van der Waals surface area (Å²) in [4.78, 5) is 15.9. The molecule has 2 aliphatic carbocycles. The Morgan fingerprint density at radius 3 is 1.67 bits per heavy atom. The fourth-order valence-corrected chi connectivity index (χ4v) is 10.7. The van der Waals surface area contributed by atoms with Crippen LogP contribution in [0.4, 0.5) is 23.0 Å². The van der Waals surface area contributed by atoms with Crippen LogP contribution in [0, 0.1) is 0 Å². The first-order valence-corrected chi connectivity index (χ1v) is 22.3. The number of hydrogen-bond donors (Lipinski definition) is 0. The van der Waals surface area contributed by atoms with E-state index in [9.17, 15) is 0 Å². The maximum absolute atomic E-state index is 5.47. The smallest absolute Gasteiger partial charge is 0.231 e. The highest BCUT2D eigenvalue weighted by atomic mass is 15.3. The lowest BCUT2D eigenvalue weighted by molar-refractivity contribution is 0.494. The van der Waals surface area contributed by atoms with Crippen molar-refractivity contribution in [3.63, 3.8) is 0 Å². The monoisotopic (exact) mass is 810 g/mol. The zero-order valence-electron chi connectivity index (χ0n) is 35.0. The summed E-state index contributed by atoms with van der Waals surface area (Å²) in [6.07, 6.45) is 16.1. The van der Waals surface area contributed by atoms with Gasteiger partial charge in [-0.3, -0.25) is 0 Å². The summed E-state index contributed by atoms with van der Waals surface area (Å²) in [5.41, 5.74) is 16.6. The number of para-hydroxylation sites is 2. The first-order chi connectivity index (χ1) is 31.2. The summed E-state index contributed by atoms with van der Waals surface area (Å²) < 4.78 is 0. The van der Waals surface area contributed by atoms with Crippen LogP contribution in [0.1, 0.15) is 47.3 Å². The zero-order valence-corrected chi connectivity index (χ0v) is 35.0. The summed E-state index contributed by atoms with van der Waals surface area (Å²) in [5, 5.41) is 0. The molecule has 0 N–H and O–H groups in total. The van der Waals surface area contributed by atoms with Crippen molar-refractivity contribution in [3.8, 4) is 44.8 Å². The van der Waals surface area contributed by atoms with Crippen LogP contribution in [-0.2, 0) is 0 Å². The summed E-state index contributed by atoms with van der Waals surface area (Å²) in [6.45, 7) is 0. The zero-order chi connectivity index (χ0) is 41.7. The summed E-state index contributed by atoms with van der Waals surface area (Å²) in [5.74, 6) is 1.59. The Labute approximate surface area is 369 Å². The molecule has 8 aromatic rings. The van der Waals surface area contributed by atoms with Crippen molar-refractivity contribution in [3.05, 3.63) is 241 Å². The van der Waals surface area contributed by atoms with E-state index in [-0.39, 0.29) is 17.9 Å². The normalized spacial score (nSPS) is 20.5. The standard InChI is InChI=1S/C59H46N4/c1-4-15-40(16-5-1)42-27-31-44(32-28-42)53-39-54(45-33-29-43(30-34-45)41-17-6-2-7-18-41)61-59(60-53)63-55-25-13-12-23-51(55)58-50(24-14-26-57(58)63)47-35-36-56-52(38-47)46-19-10-11-22-49(37-46)62(56)48-20-8-3-9-21-48/h1-23,25-36,38-39,46,49-50,57-58H,24,37H2. The molecule has 63 heavy (non-hydrogen) atoms. The summed E-state index contributed by atoms with van der Waals surface area (Å²) in [6, 6.07) is 68.5.